The Balaban J connectivity index is 0.000000720. The molecule has 1 nitrogen and oxygen atoms in total. The third-order valence-corrected chi connectivity index (χ3v) is 3.02. The molecular formula is C10H17OW-. The van der Waals surface area contributed by atoms with Crippen LogP contribution < -0.4 is 0 Å². The maximum atomic E-state index is 5.73. The maximum absolute atomic E-state index is 5.73. The first-order valence-corrected chi connectivity index (χ1v) is 4.85. The molecule has 3 unspecified atom stereocenters. The van der Waals surface area contributed by atoms with Crippen LogP contribution in [0.4, 0.5) is 0 Å². The van der Waals surface area contributed by atoms with E-state index in [-0.39, 0.29) is 21.1 Å². The second kappa shape index (κ2) is 4.77. The van der Waals surface area contributed by atoms with Gasteiger partial charge in [-0.3, -0.25) is 0 Å². The molecule has 0 radical (unpaired) electrons. The van der Waals surface area contributed by atoms with E-state index in [2.05, 4.69) is 6.92 Å². The van der Waals surface area contributed by atoms with Crippen LogP contribution in [0.3, 0.4) is 0 Å². The van der Waals surface area contributed by atoms with Crippen molar-refractivity contribution in [3.8, 4) is 0 Å². The van der Waals surface area contributed by atoms with Gasteiger partial charge in [0.05, 0.1) is 6.10 Å². The molecule has 0 spiro atoms. The van der Waals surface area contributed by atoms with E-state index >= 15 is 0 Å². The first kappa shape index (κ1) is 10.7. The molecule has 1 aliphatic carbocycles. The maximum Gasteiger partial charge on any atom is 0.0571 e. The van der Waals surface area contributed by atoms with Crippen molar-refractivity contribution >= 4 is 0 Å². The van der Waals surface area contributed by atoms with Crippen molar-refractivity contribution in [3.05, 3.63) is 6.92 Å². The summed E-state index contributed by atoms with van der Waals surface area (Å²) in [5.41, 5.74) is 0. The molecule has 1 saturated carbocycles. The number of rotatable bonds is 0. The van der Waals surface area contributed by atoms with Gasteiger partial charge in [0.15, 0.2) is 0 Å². The summed E-state index contributed by atoms with van der Waals surface area (Å²) in [6.07, 6.45) is 8.95. The fourth-order valence-corrected chi connectivity index (χ4v) is 2.44. The average Bonchev–Trinajstić information content (AvgIpc) is 2.17. The normalized spacial score (nSPS) is 41.2. The molecule has 2 fully saturated rings. The predicted molar refractivity (Wildman–Crippen MR) is 45.2 cm³/mol. The average molecular weight is 337 g/mol. The molecular weight excluding hydrogens is 320 g/mol. The molecule has 0 N–H and O–H groups in total. The molecule has 2 rings (SSSR count). The van der Waals surface area contributed by atoms with Crippen molar-refractivity contribution in [1.29, 1.82) is 0 Å². The molecule has 1 heterocycles. The van der Waals surface area contributed by atoms with Gasteiger partial charge in [0, 0.05) is 21.1 Å². The Kier molecular flexibility index (Phi) is 4.26. The van der Waals surface area contributed by atoms with Gasteiger partial charge in [0.25, 0.3) is 0 Å². The Morgan fingerprint density at radius 3 is 2.67 bits per heavy atom. The Bertz CT molecular complexity index is 124. The molecule has 0 aromatic rings. The summed E-state index contributed by atoms with van der Waals surface area (Å²) in [5.74, 6) is 0.847. The number of fused-ring (bicyclic) bond motifs is 1. The van der Waals surface area contributed by atoms with Crippen LogP contribution in [0, 0.1) is 12.8 Å². The second-order valence-corrected chi connectivity index (χ2v) is 3.93. The molecule has 0 bridgehead atoms. The third-order valence-electron chi connectivity index (χ3n) is 3.02. The van der Waals surface area contributed by atoms with Crippen LogP contribution in [-0.4, -0.2) is 12.2 Å². The molecule has 3 atom stereocenters. The Labute approximate surface area is 89.5 Å². The van der Waals surface area contributed by atoms with E-state index < -0.39 is 0 Å². The van der Waals surface area contributed by atoms with Gasteiger partial charge in [-0.25, -0.2) is 0 Å². The summed E-state index contributed by atoms with van der Waals surface area (Å²) in [6, 6.07) is 0. The second-order valence-electron chi connectivity index (χ2n) is 3.93. The summed E-state index contributed by atoms with van der Waals surface area (Å²) < 4.78 is 5.73. The van der Waals surface area contributed by atoms with Crippen molar-refractivity contribution in [2.24, 2.45) is 5.92 Å². The number of ether oxygens (including phenoxy) is 1. The van der Waals surface area contributed by atoms with Gasteiger partial charge in [-0.1, -0.05) is 25.4 Å². The standard InChI is InChI=1S/C10H17O.W/c1-8-7-9-5-3-2-4-6-10(9)11-8;/h8-10H,1-7H2;/q-1;. The van der Waals surface area contributed by atoms with E-state index in [1.165, 1.54) is 38.5 Å². The van der Waals surface area contributed by atoms with Gasteiger partial charge in [0.2, 0.25) is 0 Å². The van der Waals surface area contributed by atoms with Crippen LogP contribution in [0.1, 0.15) is 38.5 Å². The molecule has 0 amide bonds. The zero-order valence-electron chi connectivity index (χ0n) is 7.50. The van der Waals surface area contributed by atoms with E-state index in [4.69, 9.17) is 4.74 Å². The van der Waals surface area contributed by atoms with Crippen LogP contribution in [0.2, 0.25) is 0 Å². The molecule has 0 aromatic heterocycles. The Morgan fingerprint density at radius 1 is 1.08 bits per heavy atom. The molecule has 0 aromatic carbocycles. The predicted octanol–water partition coefficient (Wildman–Crippen LogP) is 2.56. The fraction of sp³-hybridized carbons (Fsp3) is 0.900. The van der Waals surface area contributed by atoms with Gasteiger partial charge in [-0.2, -0.15) is 0 Å². The zero-order chi connectivity index (χ0) is 7.68. The van der Waals surface area contributed by atoms with Crippen molar-refractivity contribution in [2.45, 2.75) is 50.7 Å². The van der Waals surface area contributed by atoms with Gasteiger partial charge >= 0.3 is 0 Å². The summed E-state index contributed by atoms with van der Waals surface area (Å²) >= 11 is 0. The van der Waals surface area contributed by atoms with E-state index in [1.54, 1.807) is 0 Å². The molecule has 1 saturated heterocycles. The van der Waals surface area contributed by atoms with Crippen molar-refractivity contribution in [2.75, 3.05) is 0 Å². The van der Waals surface area contributed by atoms with E-state index in [0.717, 1.165) is 5.92 Å². The topological polar surface area (TPSA) is 9.23 Å². The van der Waals surface area contributed by atoms with E-state index in [0.29, 0.717) is 12.2 Å². The van der Waals surface area contributed by atoms with Gasteiger partial charge in [-0.15, -0.1) is 0 Å². The number of hydrogen-bond donors (Lipinski definition) is 0. The molecule has 2 aliphatic rings. The minimum absolute atomic E-state index is 0. The van der Waals surface area contributed by atoms with Crippen LogP contribution in [0.15, 0.2) is 0 Å². The zero-order valence-corrected chi connectivity index (χ0v) is 10.4. The Morgan fingerprint density at radius 2 is 1.83 bits per heavy atom. The first-order chi connectivity index (χ1) is 5.36. The summed E-state index contributed by atoms with van der Waals surface area (Å²) in [6.45, 7) is 3.97. The van der Waals surface area contributed by atoms with Gasteiger partial charge < -0.3 is 11.7 Å². The van der Waals surface area contributed by atoms with Crippen LogP contribution >= 0.6 is 0 Å². The monoisotopic (exact) mass is 337 g/mol. The minimum atomic E-state index is 0. The van der Waals surface area contributed by atoms with Gasteiger partial charge in [0.1, 0.15) is 0 Å². The smallest absolute Gasteiger partial charge is 0.0571 e. The fourth-order valence-electron chi connectivity index (χ4n) is 2.44. The van der Waals surface area contributed by atoms with Crippen molar-refractivity contribution in [3.63, 3.8) is 0 Å². The Hall–Kier alpha value is 0.648. The minimum Gasteiger partial charge on any atom is -0.407 e. The van der Waals surface area contributed by atoms with Gasteiger partial charge in [-0.05, 0) is 25.2 Å². The summed E-state index contributed by atoms with van der Waals surface area (Å²) in [4.78, 5) is 0. The van der Waals surface area contributed by atoms with Crippen molar-refractivity contribution in [1.82, 2.24) is 0 Å². The van der Waals surface area contributed by atoms with Crippen molar-refractivity contribution < 1.29 is 25.8 Å². The largest absolute Gasteiger partial charge is 0.407 e. The van der Waals surface area contributed by atoms with Crippen LogP contribution in [0.5, 0.6) is 0 Å². The quantitative estimate of drug-likeness (QED) is 0.618. The molecule has 70 valence electrons. The van der Waals surface area contributed by atoms with Crippen LogP contribution in [0.25, 0.3) is 0 Å². The van der Waals surface area contributed by atoms with E-state index in [1.807, 2.05) is 0 Å². The SMILES string of the molecule is [CH2-]C1CC2CCCCCC2O1.[W]. The summed E-state index contributed by atoms with van der Waals surface area (Å²) in [7, 11) is 0. The summed E-state index contributed by atoms with van der Waals surface area (Å²) in [5, 5.41) is 0. The molecule has 1 aliphatic heterocycles. The molecule has 2 heteroatoms. The molecule has 12 heavy (non-hydrogen) atoms. The van der Waals surface area contributed by atoms with E-state index in [9.17, 15) is 0 Å². The number of hydrogen-bond acceptors (Lipinski definition) is 1. The van der Waals surface area contributed by atoms with Crippen LogP contribution in [-0.2, 0) is 25.8 Å². The first-order valence-electron chi connectivity index (χ1n) is 4.85. The third kappa shape index (κ3) is 2.32.